The number of carboxylic acids is 1. The van der Waals surface area contributed by atoms with Crippen molar-refractivity contribution in [1.82, 2.24) is 10.2 Å². The van der Waals surface area contributed by atoms with E-state index in [0.717, 1.165) is 12.1 Å². The van der Waals surface area contributed by atoms with Crippen LogP contribution in [-0.2, 0) is 0 Å². The van der Waals surface area contributed by atoms with E-state index in [2.05, 4.69) is 10.2 Å². The van der Waals surface area contributed by atoms with Gasteiger partial charge in [-0.05, 0) is 18.2 Å². The summed E-state index contributed by atoms with van der Waals surface area (Å²) in [6.07, 6.45) is -2.90. The minimum Gasteiger partial charge on any atom is -0.477 e. The van der Waals surface area contributed by atoms with Crippen molar-refractivity contribution in [3.8, 4) is 11.3 Å². The summed E-state index contributed by atoms with van der Waals surface area (Å²) in [4.78, 5) is 10.6. The van der Waals surface area contributed by atoms with Gasteiger partial charge in [-0.2, -0.15) is 5.10 Å². The van der Waals surface area contributed by atoms with Gasteiger partial charge < -0.3 is 5.11 Å². The van der Waals surface area contributed by atoms with Crippen LogP contribution in [0, 0.1) is 5.82 Å². The molecule has 0 radical (unpaired) electrons. The average molecular weight is 256 g/mol. The maximum Gasteiger partial charge on any atom is 0.353 e. The number of nitrogens with zero attached hydrogens (tertiary/aromatic N) is 1. The molecule has 1 aromatic heterocycles. The van der Waals surface area contributed by atoms with E-state index in [4.69, 9.17) is 5.11 Å². The van der Waals surface area contributed by atoms with Crippen LogP contribution < -0.4 is 0 Å². The van der Waals surface area contributed by atoms with Gasteiger partial charge in [0.15, 0.2) is 0 Å². The Balaban J connectivity index is 2.39. The molecule has 0 aliphatic carbocycles. The molecule has 18 heavy (non-hydrogen) atoms. The lowest BCUT2D eigenvalue weighted by molar-refractivity contribution is 0.0690. The summed E-state index contributed by atoms with van der Waals surface area (Å²) in [7, 11) is 0. The molecule has 0 amide bonds. The van der Waals surface area contributed by atoms with Gasteiger partial charge in [0.25, 0.3) is 6.43 Å². The van der Waals surface area contributed by atoms with Gasteiger partial charge in [-0.25, -0.2) is 18.0 Å². The smallest absolute Gasteiger partial charge is 0.353 e. The maximum absolute atomic E-state index is 13.3. The quantitative estimate of drug-likeness (QED) is 0.887. The highest BCUT2D eigenvalue weighted by Crippen LogP contribution is 2.26. The zero-order valence-corrected chi connectivity index (χ0v) is 8.82. The van der Waals surface area contributed by atoms with Crippen molar-refractivity contribution in [2.24, 2.45) is 0 Å². The number of H-pyrrole nitrogens is 1. The standard InChI is InChI=1S/C11H7F3N2O2/c12-7-3-5(1-2-6(7)10(13)14)8-4-9(11(17)18)16-15-8/h1-4,10H,(H,15,16)(H,17,18). The van der Waals surface area contributed by atoms with Gasteiger partial charge in [-0.15, -0.1) is 0 Å². The summed E-state index contributed by atoms with van der Waals surface area (Å²) in [5.74, 6) is -2.26. The molecule has 0 aliphatic heterocycles. The molecule has 2 N–H and O–H groups in total. The average Bonchev–Trinajstić information content (AvgIpc) is 2.77. The first kappa shape index (κ1) is 12.2. The van der Waals surface area contributed by atoms with Crippen LogP contribution in [0.15, 0.2) is 24.3 Å². The molecule has 0 fully saturated rings. The van der Waals surface area contributed by atoms with Gasteiger partial charge in [0.05, 0.1) is 11.3 Å². The Morgan fingerprint density at radius 1 is 1.33 bits per heavy atom. The maximum atomic E-state index is 13.3. The Labute approximate surface area is 99.1 Å². The van der Waals surface area contributed by atoms with Crippen LogP contribution in [0.4, 0.5) is 13.2 Å². The van der Waals surface area contributed by atoms with Crippen LogP contribution in [-0.4, -0.2) is 21.3 Å². The van der Waals surface area contributed by atoms with Crippen LogP contribution in [0.5, 0.6) is 0 Å². The van der Waals surface area contributed by atoms with Crippen molar-refractivity contribution in [3.05, 3.63) is 41.3 Å². The van der Waals surface area contributed by atoms with E-state index in [1.807, 2.05) is 0 Å². The van der Waals surface area contributed by atoms with E-state index < -0.39 is 23.8 Å². The Morgan fingerprint density at radius 2 is 2.06 bits per heavy atom. The number of alkyl halides is 2. The minimum absolute atomic E-state index is 0.164. The van der Waals surface area contributed by atoms with E-state index in [0.29, 0.717) is 0 Å². The molecule has 2 aromatic rings. The topological polar surface area (TPSA) is 66.0 Å². The molecule has 0 spiro atoms. The fraction of sp³-hybridized carbons (Fsp3) is 0.0909. The number of hydrogen-bond donors (Lipinski definition) is 2. The minimum atomic E-state index is -2.90. The van der Waals surface area contributed by atoms with Crippen molar-refractivity contribution in [3.63, 3.8) is 0 Å². The van der Waals surface area contributed by atoms with E-state index in [-0.39, 0.29) is 17.0 Å². The fourth-order valence-corrected chi connectivity index (χ4v) is 1.44. The van der Waals surface area contributed by atoms with Gasteiger partial charge in [-0.3, -0.25) is 5.10 Å². The molecule has 2 rings (SSSR count). The molecule has 0 bridgehead atoms. The number of benzene rings is 1. The SMILES string of the molecule is O=C(O)c1cc(-c2ccc(C(F)F)c(F)c2)n[nH]1. The van der Waals surface area contributed by atoms with Crippen molar-refractivity contribution in [1.29, 1.82) is 0 Å². The summed E-state index contributed by atoms with van der Waals surface area (Å²) in [6.45, 7) is 0. The van der Waals surface area contributed by atoms with E-state index in [1.165, 1.54) is 12.1 Å². The molecule has 1 heterocycles. The summed E-state index contributed by atoms with van der Waals surface area (Å²) < 4.78 is 38.0. The van der Waals surface area contributed by atoms with Gasteiger partial charge in [-0.1, -0.05) is 6.07 Å². The fourth-order valence-electron chi connectivity index (χ4n) is 1.44. The van der Waals surface area contributed by atoms with Crippen LogP contribution in [0.1, 0.15) is 22.5 Å². The number of rotatable bonds is 3. The molecular weight excluding hydrogens is 249 g/mol. The number of carbonyl (C=O) groups is 1. The third-order valence-corrected chi connectivity index (χ3v) is 2.34. The third-order valence-electron chi connectivity index (χ3n) is 2.34. The third kappa shape index (κ3) is 2.20. The molecule has 0 saturated heterocycles. The van der Waals surface area contributed by atoms with Crippen LogP contribution in [0.25, 0.3) is 11.3 Å². The number of nitrogens with one attached hydrogen (secondary N) is 1. The first-order valence-electron chi connectivity index (χ1n) is 4.85. The first-order valence-corrected chi connectivity index (χ1v) is 4.85. The Morgan fingerprint density at radius 3 is 2.56 bits per heavy atom. The number of hydrogen-bond acceptors (Lipinski definition) is 2. The van der Waals surface area contributed by atoms with Crippen molar-refractivity contribution in [2.75, 3.05) is 0 Å². The van der Waals surface area contributed by atoms with Gasteiger partial charge >= 0.3 is 5.97 Å². The predicted octanol–water partition coefficient (Wildman–Crippen LogP) is 2.85. The molecule has 0 aliphatic rings. The Bertz CT molecular complexity index is 596. The van der Waals surface area contributed by atoms with Gasteiger partial charge in [0, 0.05) is 5.56 Å². The summed E-state index contributed by atoms with van der Waals surface area (Å²) in [5.41, 5.74) is -0.469. The van der Waals surface area contributed by atoms with Crippen LogP contribution in [0.3, 0.4) is 0 Å². The summed E-state index contributed by atoms with van der Waals surface area (Å²) in [6, 6.07) is 4.29. The number of carboxylic acid groups (broad SMARTS) is 1. The molecule has 0 atom stereocenters. The number of aromatic nitrogens is 2. The number of aromatic amines is 1. The molecule has 4 nitrogen and oxygen atoms in total. The lowest BCUT2D eigenvalue weighted by atomic mass is 10.1. The predicted molar refractivity (Wildman–Crippen MR) is 55.9 cm³/mol. The molecule has 7 heteroatoms. The van der Waals surface area contributed by atoms with Crippen LogP contribution in [0.2, 0.25) is 0 Å². The normalized spacial score (nSPS) is 10.9. The monoisotopic (exact) mass is 256 g/mol. The highest BCUT2D eigenvalue weighted by Gasteiger charge is 2.15. The Kier molecular flexibility index (Phi) is 3.05. The molecule has 0 unspecified atom stereocenters. The molecule has 0 saturated carbocycles. The van der Waals surface area contributed by atoms with Crippen molar-refractivity contribution < 1.29 is 23.1 Å². The highest BCUT2D eigenvalue weighted by atomic mass is 19.3. The lowest BCUT2D eigenvalue weighted by Gasteiger charge is -2.03. The molecule has 1 aromatic carbocycles. The van der Waals surface area contributed by atoms with Crippen molar-refractivity contribution >= 4 is 5.97 Å². The van der Waals surface area contributed by atoms with Gasteiger partial charge in [0.1, 0.15) is 11.5 Å². The van der Waals surface area contributed by atoms with Crippen molar-refractivity contribution in [2.45, 2.75) is 6.43 Å². The number of aromatic carboxylic acids is 1. The van der Waals surface area contributed by atoms with E-state index in [9.17, 15) is 18.0 Å². The van der Waals surface area contributed by atoms with Crippen LogP contribution >= 0.6 is 0 Å². The highest BCUT2D eigenvalue weighted by molar-refractivity contribution is 5.86. The Hall–Kier alpha value is -2.31. The van der Waals surface area contributed by atoms with E-state index >= 15 is 0 Å². The second-order valence-electron chi connectivity index (χ2n) is 3.51. The molecular formula is C11H7F3N2O2. The second-order valence-corrected chi connectivity index (χ2v) is 3.51. The second kappa shape index (κ2) is 4.52. The molecule has 94 valence electrons. The summed E-state index contributed by atoms with van der Waals surface area (Å²) in [5, 5.41) is 14.6. The first-order chi connectivity index (χ1) is 8.49. The summed E-state index contributed by atoms with van der Waals surface area (Å²) >= 11 is 0. The zero-order valence-electron chi connectivity index (χ0n) is 8.82. The number of halogens is 3. The largest absolute Gasteiger partial charge is 0.477 e. The van der Waals surface area contributed by atoms with E-state index in [1.54, 1.807) is 0 Å². The van der Waals surface area contributed by atoms with Gasteiger partial charge in [0.2, 0.25) is 0 Å². The zero-order chi connectivity index (χ0) is 13.3. The lowest BCUT2D eigenvalue weighted by Crippen LogP contribution is -1.95.